The maximum absolute atomic E-state index is 12.8. The summed E-state index contributed by atoms with van der Waals surface area (Å²) in [7, 11) is 0. The van der Waals surface area contributed by atoms with Gasteiger partial charge < -0.3 is 24.7 Å². The summed E-state index contributed by atoms with van der Waals surface area (Å²) in [4.78, 5) is 30.8. The van der Waals surface area contributed by atoms with Gasteiger partial charge in [0.1, 0.15) is 17.5 Å². The fourth-order valence-electron chi connectivity index (χ4n) is 4.22. The molecule has 196 valence electrons. The van der Waals surface area contributed by atoms with E-state index in [1.165, 1.54) is 12.1 Å². The summed E-state index contributed by atoms with van der Waals surface area (Å²) in [6.45, 7) is 1.12. The van der Waals surface area contributed by atoms with Gasteiger partial charge in [-0.25, -0.2) is 9.78 Å². The Morgan fingerprint density at radius 3 is 2.53 bits per heavy atom. The second-order valence-electron chi connectivity index (χ2n) is 8.91. The third-order valence-electron chi connectivity index (χ3n) is 6.22. The number of carbonyl (C=O) groups is 2. The number of nitrogens with one attached hydrogen (secondary N) is 2. The van der Waals surface area contributed by atoms with Crippen LogP contribution in [0.3, 0.4) is 0 Å². The zero-order chi connectivity index (χ0) is 26.7. The van der Waals surface area contributed by atoms with E-state index in [4.69, 9.17) is 4.74 Å². The predicted octanol–water partition coefficient (Wildman–Crippen LogP) is 4.97. The molecule has 1 aliphatic heterocycles. The number of fused-ring (bicyclic) bond motifs is 1. The highest BCUT2D eigenvalue weighted by Crippen LogP contribution is 2.29. The van der Waals surface area contributed by atoms with Crippen molar-refractivity contribution in [1.29, 1.82) is 0 Å². The second kappa shape index (κ2) is 10.4. The number of likely N-dealkylation sites (tertiary alicyclic amines) is 1. The molecule has 38 heavy (non-hydrogen) atoms. The SMILES string of the molecule is O=C(NCc1ccn2ccnc2c1)Nc1ccc(O[C@@H]2CCN(C(=O)c3ccc(C(F)(F)F)cc3)C2)cc1. The maximum Gasteiger partial charge on any atom is 0.416 e. The van der Waals surface area contributed by atoms with Crippen LogP contribution in [0.1, 0.15) is 27.9 Å². The Hall–Kier alpha value is -4.54. The van der Waals surface area contributed by atoms with E-state index in [1.54, 1.807) is 35.4 Å². The molecule has 3 amide bonds. The summed E-state index contributed by atoms with van der Waals surface area (Å²) in [6.07, 6.45) is 1.34. The van der Waals surface area contributed by atoms with E-state index >= 15 is 0 Å². The van der Waals surface area contributed by atoms with Gasteiger partial charge in [-0.15, -0.1) is 0 Å². The highest BCUT2D eigenvalue weighted by atomic mass is 19.4. The molecule has 0 bridgehead atoms. The van der Waals surface area contributed by atoms with E-state index in [9.17, 15) is 22.8 Å². The van der Waals surface area contributed by atoms with Crippen molar-refractivity contribution in [2.75, 3.05) is 18.4 Å². The van der Waals surface area contributed by atoms with Crippen LogP contribution in [0.25, 0.3) is 5.65 Å². The molecule has 1 fully saturated rings. The van der Waals surface area contributed by atoms with Gasteiger partial charge in [0.25, 0.3) is 5.91 Å². The summed E-state index contributed by atoms with van der Waals surface area (Å²) < 4.78 is 46.1. The number of aromatic nitrogens is 2. The van der Waals surface area contributed by atoms with Crippen molar-refractivity contribution in [3.63, 3.8) is 0 Å². The van der Waals surface area contributed by atoms with Gasteiger partial charge in [-0.3, -0.25) is 4.79 Å². The van der Waals surface area contributed by atoms with Crippen molar-refractivity contribution in [3.05, 3.63) is 95.9 Å². The third-order valence-corrected chi connectivity index (χ3v) is 6.22. The first-order valence-corrected chi connectivity index (χ1v) is 11.9. The minimum Gasteiger partial charge on any atom is -0.489 e. The molecule has 8 nitrogen and oxygen atoms in total. The Morgan fingerprint density at radius 1 is 1.03 bits per heavy atom. The third kappa shape index (κ3) is 5.88. The number of halogens is 3. The number of imidazole rings is 1. The number of nitrogens with zero attached hydrogens (tertiary/aromatic N) is 3. The molecule has 1 aliphatic rings. The fourth-order valence-corrected chi connectivity index (χ4v) is 4.22. The number of pyridine rings is 1. The van der Waals surface area contributed by atoms with Gasteiger partial charge in [0.05, 0.1) is 12.1 Å². The Labute approximate surface area is 216 Å². The molecule has 11 heteroatoms. The van der Waals surface area contributed by atoms with Gasteiger partial charge in [-0.2, -0.15) is 13.2 Å². The van der Waals surface area contributed by atoms with Crippen LogP contribution in [0.5, 0.6) is 5.75 Å². The van der Waals surface area contributed by atoms with Crippen molar-refractivity contribution in [1.82, 2.24) is 19.6 Å². The number of amides is 3. The molecule has 5 rings (SSSR count). The van der Waals surface area contributed by atoms with E-state index in [0.29, 0.717) is 37.5 Å². The number of rotatable bonds is 6. The zero-order valence-electron chi connectivity index (χ0n) is 20.1. The van der Waals surface area contributed by atoms with Crippen LogP contribution in [-0.2, 0) is 12.7 Å². The van der Waals surface area contributed by atoms with Crippen molar-refractivity contribution in [3.8, 4) is 5.75 Å². The number of alkyl halides is 3. The van der Waals surface area contributed by atoms with Crippen molar-refractivity contribution in [2.45, 2.75) is 25.2 Å². The van der Waals surface area contributed by atoms with Crippen molar-refractivity contribution in [2.24, 2.45) is 0 Å². The van der Waals surface area contributed by atoms with E-state index in [0.717, 1.165) is 23.3 Å². The topological polar surface area (TPSA) is 88.0 Å². The van der Waals surface area contributed by atoms with Gasteiger partial charge >= 0.3 is 12.2 Å². The summed E-state index contributed by atoms with van der Waals surface area (Å²) in [5, 5.41) is 5.57. The number of carbonyl (C=O) groups excluding carboxylic acids is 2. The molecule has 0 radical (unpaired) electrons. The van der Waals surface area contributed by atoms with Crippen LogP contribution >= 0.6 is 0 Å². The van der Waals surface area contributed by atoms with E-state index in [1.807, 2.05) is 28.9 Å². The van der Waals surface area contributed by atoms with Gasteiger partial charge in [0, 0.05) is 49.4 Å². The van der Waals surface area contributed by atoms with E-state index in [2.05, 4.69) is 15.6 Å². The lowest BCUT2D eigenvalue weighted by molar-refractivity contribution is -0.137. The molecule has 0 spiro atoms. The minimum absolute atomic E-state index is 0.203. The molecule has 2 aromatic carbocycles. The van der Waals surface area contributed by atoms with Crippen LogP contribution in [-0.4, -0.2) is 45.4 Å². The molecule has 0 unspecified atom stereocenters. The number of anilines is 1. The van der Waals surface area contributed by atoms with Gasteiger partial charge in [0.15, 0.2) is 0 Å². The largest absolute Gasteiger partial charge is 0.489 e. The van der Waals surface area contributed by atoms with Crippen LogP contribution in [0.4, 0.5) is 23.7 Å². The minimum atomic E-state index is -4.44. The number of hydrogen-bond donors (Lipinski definition) is 2. The number of hydrogen-bond acceptors (Lipinski definition) is 4. The zero-order valence-corrected chi connectivity index (χ0v) is 20.1. The van der Waals surface area contributed by atoms with Crippen LogP contribution in [0.2, 0.25) is 0 Å². The average molecular weight is 524 g/mol. The van der Waals surface area contributed by atoms with Crippen molar-refractivity contribution < 1.29 is 27.5 Å². The predicted molar refractivity (Wildman–Crippen MR) is 134 cm³/mol. The summed E-state index contributed by atoms with van der Waals surface area (Å²) in [6, 6.07) is 14.5. The molecule has 1 saturated heterocycles. The van der Waals surface area contributed by atoms with Gasteiger partial charge in [-0.1, -0.05) is 0 Å². The molecule has 3 heterocycles. The second-order valence-corrected chi connectivity index (χ2v) is 8.91. The normalized spacial score (nSPS) is 15.4. The Kier molecular flexibility index (Phi) is 6.91. The molecule has 2 N–H and O–H groups in total. The summed E-state index contributed by atoms with van der Waals surface area (Å²) >= 11 is 0. The Bertz CT molecular complexity index is 1440. The summed E-state index contributed by atoms with van der Waals surface area (Å²) in [5.41, 5.74) is 1.72. The van der Waals surface area contributed by atoms with Gasteiger partial charge in [0.2, 0.25) is 0 Å². The maximum atomic E-state index is 12.8. The molecular formula is C27H24F3N5O3. The molecule has 0 saturated carbocycles. The standard InChI is InChI=1S/C27H24F3N5O3/c28-27(29,30)20-3-1-19(2-4-20)25(36)35-13-10-23(17-35)38-22-7-5-21(6-8-22)33-26(37)32-16-18-9-12-34-14-11-31-24(34)15-18/h1-9,11-12,14-15,23H,10,13,16-17H2,(H2,32,33,37)/t23-/m1/s1. The highest BCUT2D eigenvalue weighted by Gasteiger charge is 2.32. The first kappa shape index (κ1) is 25.1. The molecule has 2 aromatic heterocycles. The number of ether oxygens (including phenoxy) is 1. The lowest BCUT2D eigenvalue weighted by atomic mass is 10.1. The average Bonchev–Trinajstić information content (AvgIpc) is 3.57. The first-order valence-electron chi connectivity index (χ1n) is 11.9. The fraction of sp³-hybridized carbons (Fsp3) is 0.222. The highest BCUT2D eigenvalue weighted by molar-refractivity contribution is 5.94. The molecule has 4 aromatic rings. The first-order chi connectivity index (χ1) is 18.2. The molecule has 1 atom stereocenters. The van der Waals surface area contributed by atoms with E-state index < -0.39 is 11.7 Å². The lowest BCUT2D eigenvalue weighted by Crippen LogP contribution is -2.31. The monoisotopic (exact) mass is 523 g/mol. The van der Waals surface area contributed by atoms with Gasteiger partial charge in [-0.05, 0) is 66.2 Å². The van der Waals surface area contributed by atoms with Crippen molar-refractivity contribution >= 4 is 23.3 Å². The Balaban J connectivity index is 1.09. The number of urea groups is 1. The summed E-state index contributed by atoms with van der Waals surface area (Å²) in [5.74, 6) is 0.248. The Morgan fingerprint density at radius 2 is 1.79 bits per heavy atom. The smallest absolute Gasteiger partial charge is 0.416 e. The molecule has 0 aliphatic carbocycles. The molecular weight excluding hydrogens is 499 g/mol. The lowest BCUT2D eigenvalue weighted by Gasteiger charge is -2.18. The van der Waals surface area contributed by atoms with E-state index in [-0.39, 0.29) is 23.6 Å². The van der Waals surface area contributed by atoms with Crippen LogP contribution in [0.15, 0.2) is 79.3 Å². The number of benzene rings is 2. The van der Waals surface area contributed by atoms with Crippen LogP contribution < -0.4 is 15.4 Å². The van der Waals surface area contributed by atoms with Crippen LogP contribution in [0, 0.1) is 0 Å². The quantitative estimate of drug-likeness (QED) is 0.374.